The fourth-order valence-electron chi connectivity index (χ4n) is 2.15. The predicted octanol–water partition coefficient (Wildman–Crippen LogP) is 1.83. The molecule has 0 fully saturated rings. The fourth-order valence-corrected chi connectivity index (χ4v) is 2.15. The van der Waals surface area contributed by atoms with E-state index in [0.717, 1.165) is 30.2 Å². The van der Waals surface area contributed by atoms with Crippen LogP contribution in [0.5, 0.6) is 5.75 Å². The minimum absolute atomic E-state index is 0.0244. The summed E-state index contributed by atoms with van der Waals surface area (Å²) in [5.74, 6) is 1.87. The summed E-state index contributed by atoms with van der Waals surface area (Å²) in [5, 5.41) is 3.25. The summed E-state index contributed by atoms with van der Waals surface area (Å²) < 4.78 is 6.00. The average Bonchev–Trinajstić information content (AvgIpc) is 2.85. The Kier molecular flexibility index (Phi) is 3.75. The molecule has 0 spiro atoms. The molecular weight excluding hydrogens is 226 g/mol. The van der Waals surface area contributed by atoms with E-state index in [2.05, 4.69) is 28.2 Å². The van der Waals surface area contributed by atoms with Gasteiger partial charge in [0.15, 0.2) is 6.10 Å². The maximum atomic E-state index is 6.00. The number of hydrogen-bond donors (Lipinski definition) is 1. The Morgan fingerprint density at radius 3 is 2.78 bits per heavy atom. The van der Waals surface area contributed by atoms with Crippen molar-refractivity contribution >= 4 is 11.5 Å². The lowest BCUT2D eigenvalue weighted by Crippen LogP contribution is -2.33. The second-order valence-corrected chi connectivity index (χ2v) is 4.75. The molecule has 1 aliphatic heterocycles. The molecule has 0 amide bonds. The van der Waals surface area contributed by atoms with Crippen LogP contribution in [0.15, 0.2) is 23.2 Å². The van der Waals surface area contributed by atoms with Gasteiger partial charge in [-0.2, -0.15) is 0 Å². The quantitative estimate of drug-likeness (QED) is 0.882. The number of benzene rings is 1. The van der Waals surface area contributed by atoms with Gasteiger partial charge in [-0.3, -0.25) is 4.99 Å². The van der Waals surface area contributed by atoms with Crippen molar-refractivity contribution in [3.05, 3.63) is 23.8 Å². The second-order valence-electron chi connectivity index (χ2n) is 4.75. The van der Waals surface area contributed by atoms with E-state index in [1.54, 1.807) is 0 Å². The van der Waals surface area contributed by atoms with Crippen molar-refractivity contribution < 1.29 is 4.74 Å². The summed E-state index contributed by atoms with van der Waals surface area (Å²) in [7, 11) is 4.08. The molecule has 18 heavy (non-hydrogen) atoms. The third-order valence-electron chi connectivity index (χ3n) is 3.13. The van der Waals surface area contributed by atoms with Crippen molar-refractivity contribution in [2.24, 2.45) is 4.99 Å². The molecule has 0 saturated heterocycles. The molecule has 0 saturated carbocycles. The average molecular weight is 247 g/mol. The normalized spacial score (nSPS) is 15.9. The number of ether oxygens (including phenoxy) is 1. The van der Waals surface area contributed by atoms with Gasteiger partial charge >= 0.3 is 0 Å². The molecule has 98 valence electrons. The molecule has 1 N–H and O–H groups in total. The lowest BCUT2D eigenvalue weighted by Gasteiger charge is -2.21. The van der Waals surface area contributed by atoms with E-state index < -0.39 is 0 Å². The highest BCUT2D eigenvalue weighted by atomic mass is 16.5. The van der Waals surface area contributed by atoms with Crippen LogP contribution in [0.25, 0.3) is 0 Å². The summed E-state index contributed by atoms with van der Waals surface area (Å²) in [6.45, 7) is 5.87. The van der Waals surface area contributed by atoms with Crippen molar-refractivity contribution in [3.63, 3.8) is 0 Å². The minimum atomic E-state index is -0.0244. The van der Waals surface area contributed by atoms with Gasteiger partial charge in [-0.05, 0) is 26.0 Å². The molecule has 0 unspecified atom stereocenters. The van der Waals surface area contributed by atoms with E-state index in [9.17, 15) is 0 Å². The topological polar surface area (TPSA) is 36.9 Å². The van der Waals surface area contributed by atoms with Gasteiger partial charge in [-0.1, -0.05) is 6.07 Å². The van der Waals surface area contributed by atoms with Gasteiger partial charge in [0.25, 0.3) is 0 Å². The molecule has 0 radical (unpaired) electrons. The predicted molar refractivity (Wildman–Crippen MR) is 75.9 cm³/mol. The Morgan fingerprint density at radius 1 is 1.39 bits per heavy atom. The number of anilines is 1. The highest BCUT2D eigenvalue weighted by Crippen LogP contribution is 2.28. The first kappa shape index (κ1) is 12.7. The molecule has 4 heteroatoms. The second kappa shape index (κ2) is 5.29. The Morgan fingerprint density at radius 2 is 2.17 bits per heavy atom. The molecule has 1 aliphatic rings. The van der Waals surface area contributed by atoms with Gasteiger partial charge in [-0.25, -0.2) is 0 Å². The monoisotopic (exact) mass is 247 g/mol. The summed E-state index contributed by atoms with van der Waals surface area (Å²) in [4.78, 5) is 6.48. The van der Waals surface area contributed by atoms with Crippen molar-refractivity contribution in [3.8, 4) is 5.75 Å². The minimum Gasteiger partial charge on any atom is -0.482 e. The highest BCUT2D eigenvalue weighted by molar-refractivity contribution is 5.87. The number of aliphatic imine (C=N–C) groups is 1. The van der Waals surface area contributed by atoms with Crippen molar-refractivity contribution in [2.75, 3.05) is 32.1 Å². The lowest BCUT2D eigenvalue weighted by molar-refractivity contribution is 0.282. The molecule has 1 aromatic carbocycles. The fraction of sp³-hybridized carbons (Fsp3) is 0.500. The van der Waals surface area contributed by atoms with E-state index >= 15 is 0 Å². The molecule has 1 atom stereocenters. The number of amidine groups is 1. The van der Waals surface area contributed by atoms with Crippen LogP contribution in [-0.4, -0.2) is 39.1 Å². The van der Waals surface area contributed by atoms with Gasteiger partial charge in [0.1, 0.15) is 11.6 Å². The SMILES string of the molecule is Cc1c(O[C@H](C)C2=NCCN2)cccc1N(C)C. The van der Waals surface area contributed by atoms with E-state index in [4.69, 9.17) is 4.74 Å². The van der Waals surface area contributed by atoms with E-state index in [0.29, 0.717) is 0 Å². The first-order valence-electron chi connectivity index (χ1n) is 6.31. The van der Waals surface area contributed by atoms with Gasteiger partial charge in [0.05, 0.1) is 6.54 Å². The van der Waals surface area contributed by atoms with Crippen LogP contribution in [0.4, 0.5) is 5.69 Å². The van der Waals surface area contributed by atoms with Crippen LogP contribution in [0, 0.1) is 6.92 Å². The largest absolute Gasteiger partial charge is 0.482 e. The Bertz CT molecular complexity index is 454. The molecule has 0 aromatic heterocycles. The van der Waals surface area contributed by atoms with Crippen LogP contribution in [-0.2, 0) is 0 Å². The highest BCUT2D eigenvalue weighted by Gasteiger charge is 2.17. The standard InChI is InChI=1S/C14H21N3O/c1-10-12(17(3)4)6-5-7-13(10)18-11(2)14-15-8-9-16-14/h5-7,11H,8-9H2,1-4H3,(H,15,16)/t11-/m1/s1. The first-order valence-corrected chi connectivity index (χ1v) is 6.31. The van der Waals surface area contributed by atoms with Gasteiger partial charge in [0, 0.05) is 31.9 Å². The molecule has 2 rings (SSSR count). The smallest absolute Gasteiger partial charge is 0.152 e. The lowest BCUT2D eigenvalue weighted by atomic mass is 10.1. The van der Waals surface area contributed by atoms with Crippen LogP contribution >= 0.6 is 0 Å². The van der Waals surface area contributed by atoms with E-state index in [1.807, 2.05) is 33.2 Å². The van der Waals surface area contributed by atoms with Crippen molar-refractivity contribution in [1.29, 1.82) is 0 Å². The van der Waals surface area contributed by atoms with Gasteiger partial charge in [-0.15, -0.1) is 0 Å². The van der Waals surface area contributed by atoms with Gasteiger partial charge in [0.2, 0.25) is 0 Å². The zero-order chi connectivity index (χ0) is 13.1. The molecule has 0 bridgehead atoms. The summed E-state index contributed by atoms with van der Waals surface area (Å²) in [6.07, 6.45) is -0.0244. The number of nitrogens with zero attached hydrogens (tertiary/aromatic N) is 2. The van der Waals surface area contributed by atoms with Crippen molar-refractivity contribution in [1.82, 2.24) is 5.32 Å². The maximum Gasteiger partial charge on any atom is 0.152 e. The van der Waals surface area contributed by atoms with Crippen molar-refractivity contribution in [2.45, 2.75) is 20.0 Å². The zero-order valence-electron chi connectivity index (χ0n) is 11.5. The molecular formula is C14H21N3O. The Balaban J connectivity index is 2.16. The van der Waals surface area contributed by atoms with Crippen LogP contribution in [0.2, 0.25) is 0 Å². The zero-order valence-corrected chi connectivity index (χ0v) is 11.5. The van der Waals surface area contributed by atoms with E-state index in [1.165, 1.54) is 5.69 Å². The summed E-state index contributed by atoms with van der Waals surface area (Å²) in [6, 6.07) is 6.13. The van der Waals surface area contributed by atoms with Crippen LogP contribution < -0.4 is 15.0 Å². The van der Waals surface area contributed by atoms with Gasteiger partial charge < -0.3 is 15.0 Å². The number of nitrogens with one attached hydrogen (secondary N) is 1. The molecule has 1 aromatic rings. The number of hydrogen-bond acceptors (Lipinski definition) is 4. The Hall–Kier alpha value is -1.71. The summed E-state index contributed by atoms with van der Waals surface area (Å²) in [5.41, 5.74) is 2.34. The molecule has 0 aliphatic carbocycles. The summed E-state index contributed by atoms with van der Waals surface area (Å²) >= 11 is 0. The molecule has 4 nitrogen and oxygen atoms in total. The van der Waals surface area contributed by atoms with E-state index in [-0.39, 0.29) is 6.10 Å². The molecule has 1 heterocycles. The van der Waals surface area contributed by atoms with Crippen LogP contribution in [0.3, 0.4) is 0 Å². The maximum absolute atomic E-state index is 6.00. The first-order chi connectivity index (χ1) is 8.59. The third kappa shape index (κ3) is 2.58. The number of rotatable bonds is 4. The third-order valence-corrected chi connectivity index (χ3v) is 3.13. The Labute approximate surface area is 109 Å². The van der Waals surface area contributed by atoms with Crippen LogP contribution in [0.1, 0.15) is 12.5 Å².